The average Bonchev–Trinajstić information content (AvgIpc) is 3.26. The van der Waals surface area contributed by atoms with E-state index in [9.17, 15) is 4.79 Å². The van der Waals surface area contributed by atoms with Crippen molar-refractivity contribution in [3.63, 3.8) is 0 Å². The lowest BCUT2D eigenvalue weighted by atomic mass is 9.96. The molecule has 1 amide bonds. The quantitative estimate of drug-likeness (QED) is 0.586. The highest BCUT2D eigenvalue weighted by molar-refractivity contribution is 9.10. The Balaban J connectivity index is 1.83. The lowest BCUT2D eigenvalue weighted by molar-refractivity contribution is -0.113. The van der Waals surface area contributed by atoms with Crippen molar-refractivity contribution < 1.29 is 14.3 Å². The summed E-state index contributed by atoms with van der Waals surface area (Å²) < 4.78 is 11.7. The summed E-state index contributed by atoms with van der Waals surface area (Å²) in [7, 11) is 3.14. The summed E-state index contributed by atoms with van der Waals surface area (Å²) in [5.41, 5.74) is 4.13. The summed E-state index contributed by atoms with van der Waals surface area (Å²) >= 11 is 3.46. The van der Waals surface area contributed by atoms with E-state index in [1.807, 2.05) is 54.6 Å². The molecule has 0 fully saturated rings. The number of ether oxygens (including phenoxy) is 2. The first-order chi connectivity index (χ1) is 13.6. The molecule has 0 saturated carbocycles. The molecule has 1 aliphatic rings. The molecule has 0 spiro atoms. The van der Waals surface area contributed by atoms with Crippen LogP contribution in [-0.2, 0) is 9.47 Å². The maximum Gasteiger partial charge on any atom is 0.273 e. The van der Waals surface area contributed by atoms with Gasteiger partial charge in [-0.15, -0.1) is 0 Å². The van der Waals surface area contributed by atoms with Crippen LogP contribution in [0, 0.1) is 0 Å². The Bertz CT molecular complexity index is 968. The van der Waals surface area contributed by atoms with Crippen molar-refractivity contribution >= 4 is 21.8 Å². The van der Waals surface area contributed by atoms with Gasteiger partial charge < -0.3 is 14.4 Å². The van der Waals surface area contributed by atoms with Crippen molar-refractivity contribution in [2.75, 3.05) is 20.8 Å². The Morgan fingerprint density at radius 1 is 1.11 bits per heavy atom. The normalized spacial score (nSPS) is 16.1. The van der Waals surface area contributed by atoms with Crippen LogP contribution in [0.2, 0.25) is 0 Å². The number of aromatic nitrogens is 2. The first-order valence-electron chi connectivity index (χ1n) is 8.89. The van der Waals surface area contributed by atoms with Gasteiger partial charge in [0.05, 0.1) is 18.3 Å². The number of nitrogens with zero attached hydrogens (tertiary/aromatic N) is 2. The van der Waals surface area contributed by atoms with Gasteiger partial charge in [0.2, 0.25) is 0 Å². The van der Waals surface area contributed by atoms with Crippen molar-refractivity contribution in [3.05, 3.63) is 75.9 Å². The molecule has 144 valence electrons. The van der Waals surface area contributed by atoms with Crippen molar-refractivity contribution in [1.82, 2.24) is 15.1 Å². The van der Waals surface area contributed by atoms with Gasteiger partial charge in [0.15, 0.2) is 6.29 Å². The number of H-pyrrole nitrogens is 1. The van der Waals surface area contributed by atoms with Crippen LogP contribution in [0.15, 0.2) is 59.1 Å². The summed E-state index contributed by atoms with van der Waals surface area (Å²) in [5.74, 6) is -0.112. The van der Waals surface area contributed by atoms with E-state index in [0.717, 1.165) is 26.9 Å². The Kier molecular flexibility index (Phi) is 5.30. The maximum absolute atomic E-state index is 13.2. The van der Waals surface area contributed by atoms with Crippen molar-refractivity contribution in [3.8, 4) is 11.3 Å². The molecular weight excluding hydrogens is 422 g/mol. The summed E-state index contributed by atoms with van der Waals surface area (Å²) in [4.78, 5) is 15.0. The van der Waals surface area contributed by atoms with Gasteiger partial charge in [0.25, 0.3) is 5.91 Å². The number of hydrogen-bond acceptors (Lipinski definition) is 4. The second kappa shape index (κ2) is 7.87. The predicted octanol–water partition coefficient (Wildman–Crippen LogP) is 4.00. The van der Waals surface area contributed by atoms with Crippen LogP contribution in [0.25, 0.3) is 11.3 Å². The van der Waals surface area contributed by atoms with Crippen molar-refractivity contribution in [2.24, 2.45) is 0 Å². The second-order valence-electron chi connectivity index (χ2n) is 6.54. The minimum atomic E-state index is -0.511. The van der Waals surface area contributed by atoms with Gasteiger partial charge in [-0.2, -0.15) is 5.10 Å². The number of hydrogen-bond donors (Lipinski definition) is 1. The van der Waals surface area contributed by atoms with Crippen LogP contribution in [-0.4, -0.2) is 48.1 Å². The molecule has 6 nitrogen and oxygen atoms in total. The molecular formula is C21H20BrN3O3. The van der Waals surface area contributed by atoms with Crippen LogP contribution in [0.5, 0.6) is 0 Å². The fraction of sp³-hybridized carbons (Fsp3) is 0.238. The summed E-state index contributed by atoms with van der Waals surface area (Å²) in [6.45, 7) is 0.313. The van der Waals surface area contributed by atoms with Gasteiger partial charge in [-0.1, -0.05) is 58.4 Å². The smallest absolute Gasteiger partial charge is 0.273 e. The fourth-order valence-corrected chi connectivity index (χ4v) is 3.86. The monoisotopic (exact) mass is 441 g/mol. The summed E-state index contributed by atoms with van der Waals surface area (Å²) in [6, 6.07) is 17.6. The highest BCUT2D eigenvalue weighted by Gasteiger charge is 2.43. The molecule has 1 aliphatic heterocycles. The zero-order valence-corrected chi connectivity index (χ0v) is 17.1. The van der Waals surface area contributed by atoms with E-state index >= 15 is 0 Å². The molecule has 3 aromatic rings. The first-order valence-corrected chi connectivity index (χ1v) is 9.69. The SMILES string of the molecule is COC(CN1C(=O)c2[nH]nc(-c3ccc(Br)cc3)c2C1c1ccccc1)OC. The Morgan fingerprint density at radius 3 is 2.43 bits per heavy atom. The fourth-order valence-electron chi connectivity index (χ4n) is 3.60. The van der Waals surface area contributed by atoms with Gasteiger partial charge >= 0.3 is 0 Å². The highest BCUT2D eigenvalue weighted by Crippen LogP contribution is 2.42. The largest absolute Gasteiger partial charge is 0.354 e. The highest BCUT2D eigenvalue weighted by atomic mass is 79.9. The molecule has 2 heterocycles. The van der Waals surface area contributed by atoms with Crippen molar-refractivity contribution in [2.45, 2.75) is 12.3 Å². The van der Waals surface area contributed by atoms with Gasteiger partial charge in [0, 0.05) is 29.8 Å². The Labute approximate surface area is 171 Å². The third-order valence-electron chi connectivity index (χ3n) is 4.97. The number of fused-ring (bicyclic) bond motifs is 1. The lowest BCUT2D eigenvalue weighted by Crippen LogP contribution is -2.38. The molecule has 1 atom stereocenters. The van der Waals surface area contributed by atoms with Crippen LogP contribution >= 0.6 is 15.9 Å². The number of rotatable bonds is 6. The topological polar surface area (TPSA) is 67.5 Å². The number of aromatic amines is 1. The molecule has 28 heavy (non-hydrogen) atoms. The molecule has 1 unspecified atom stereocenters. The Hall–Kier alpha value is -2.48. The number of halogens is 1. The third-order valence-corrected chi connectivity index (χ3v) is 5.50. The predicted molar refractivity (Wildman–Crippen MR) is 109 cm³/mol. The van der Waals surface area contributed by atoms with E-state index in [2.05, 4.69) is 26.1 Å². The molecule has 1 aromatic heterocycles. The minimum Gasteiger partial charge on any atom is -0.354 e. The van der Waals surface area contributed by atoms with E-state index in [-0.39, 0.29) is 11.9 Å². The zero-order valence-electron chi connectivity index (χ0n) is 15.6. The van der Waals surface area contributed by atoms with Gasteiger partial charge in [-0.25, -0.2) is 0 Å². The zero-order chi connectivity index (χ0) is 19.7. The van der Waals surface area contributed by atoms with Crippen LogP contribution < -0.4 is 0 Å². The molecule has 0 saturated heterocycles. The van der Waals surface area contributed by atoms with E-state index in [1.165, 1.54) is 0 Å². The Morgan fingerprint density at radius 2 is 1.79 bits per heavy atom. The number of carbonyl (C=O) groups excluding carboxylic acids is 1. The van der Waals surface area contributed by atoms with Gasteiger partial charge in [-0.3, -0.25) is 9.89 Å². The molecule has 1 N–H and O–H groups in total. The third kappa shape index (κ3) is 3.26. The molecule has 4 rings (SSSR count). The maximum atomic E-state index is 13.2. The molecule has 0 radical (unpaired) electrons. The summed E-state index contributed by atoms with van der Waals surface area (Å²) in [6.07, 6.45) is -0.511. The number of benzene rings is 2. The number of methoxy groups -OCH3 is 2. The number of amides is 1. The molecule has 0 bridgehead atoms. The van der Waals surface area contributed by atoms with E-state index < -0.39 is 6.29 Å². The van der Waals surface area contributed by atoms with Crippen LogP contribution in [0.3, 0.4) is 0 Å². The summed E-state index contributed by atoms with van der Waals surface area (Å²) in [5, 5.41) is 7.42. The van der Waals surface area contributed by atoms with Crippen LogP contribution in [0.4, 0.5) is 0 Å². The lowest BCUT2D eigenvalue weighted by Gasteiger charge is -2.29. The van der Waals surface area contributed by atoms with Gasteiger partial charge in [0.1, 0.15) is 5.69 Å². The standard InChI is InChI=1S/C21H20BrN3O3/c1-27-16(28-2)12-25-20(14-6-4-3-5-7-14)17-18(23-24-19(17)21(25)26)13-8-10-15(22)11-9-13/h3-11,16,20H,12H2,1-2H3,(H,23,24). The molecule has 2 aromatic carbocycles. The van der Waals surface area contributed by atoms with Crippen molar-refractivity contribution in [1.29, 1.82) is 0 Å². The van der Waals surface area contributed by atoms with Crippen LogP contribution in [0.1, 0.15) is 27.7 Å². The number of nitrogens with one attached hydrogen (secondary N) is 1. The van der Waals surface area contributed by atoms with E-state index in [1.54, 1.807) is 19.1 Å². The minimum absolute atomic E-state index is 0.112. The average molecular weight is 442 g/mol. The van der Waals surface area contributed by atoms with Gasteiger partial charge in [-0.05, 0) is 17.7 Å². The second-order valence-corrected chi connectivity index (χ2v) is 7.46. The first kappa shape index (κ1) is 18.9. The number of carbonyl (C=O) groups is 1. The molecule has 0 aliphatic carbocycles. The van der Waals surface area contributed by atoms with E-state index in [0.29, 0.717) is 12.2 Å². The molecule has 7 heteroatoms. The van der Waals surface area contributed by atoms with E-state index in [4.69, 9.17) is 9.47 Å².